The Balaban J connectivity index is 2.37. The number of aromatic nitrogens is 1. The third-order valence-electron chi connectivity index (χ3n) is 4.13. The molecule has 0 radical (unpaired) electrons. The van der Waals surface area contributed by atoms with Gasteiger partial charge in [0, 0.05) is 11.7 Å². The van der Waals surface area contributed by atoms with Crippen molar-refractivity contribution in [2.24, 2.45) is 11.7 Å². The van der Waals surface area contributed by atoms with Crippen LogP contribution in [-0.4, -0.2) is 16.0 Å². The van der Waals surface area contributed by atoms with Gasteiger partial charge in [-0.25, -0.2) is 4.98 Å². The maximum Gasteiger partial charge on any atom is 0.136 e. The summed E-state index contributed by atoms with van der Waals surface area (Å²) in [4.78, 5) is 5.26. The van der Waals surface area contributed by atoms with E-state index in [2.05, 4.69) is 32.2 Å². The zero-order valence-electron chi connectivity index (χ0n) is 12.7. The first-order valence-corrected chi connectivity index (χ1v) is 8.02. The van der Waals surface area contributed by atoms with Crippen LogP contribution in [0.4, 0.5) is 5.82 Å². The standard InChI is InChI=1S/C16H25N3S/c1-4-13(10(2)3)18-16-12(15(17)20)9-11-7-5-6-8-14(11)19-16/h9-10,13H,4-8H2,1-3H3,(H2,17,20)(H,18,19). The Morgan fingerprint density at radius 2 is 2.10 bits per heavy atom. The van der Waals surface area contributed by atoms with E-state index in [1.165, 1.54) is 24.1 Å². The first-order chi connectivity index (χ1) is 9.52. The van der Waals surface area contributed by atoms with Gasteiger partial charge in [0.05, 0.1) is 5.56 Å². The summed E-state index contributed by atoms with van der Waals surface area (Å²) in [7, 11) is 0. The molecule has 1 aliphatic carbocycles. The van der Waals surface area contributed by atoms with Crippen molar-refractivity contribution in [3.05, 3.63) is 22.9 Å². The zero-order chi connectivity index (χ0) is 14.7. The van der Waals surface area contributed by atoms with Crippen LogP contribution in [0.2, 0.25) is 0 Å². The van der Waals surface area contributed by atoms with Crippen LogP contribution in [0.3, 0.4) is 0 Å². The van der Waals surface area contributed by atoms with E-state index in [0.29, 0.717) is 16.9 Å². The average molecular weight is 291 g/mol. The summed E-state index contributed by atoms with van der Waals surface area (Å²) < 4.78 is 0. The maximum atomic E-state index is 5.89. The molecule has 3 N–H and O–H groups in total. The molecule has 0 aliphatic heterocycles. The highest BCUT2D eigenvalue weighted by Crippen LogP contribution is 2.26. The fourth-order valence-corrected chi connectivity index (χ4v) is 3.00. The van der Waals surface area contributed by atoms with E-state index in [-0.39, 0.29) is 0 Å². The minimum Gasteiger partial charge on any atom is -0.389 e. The van der Waals surface area contributed by atoms with Gasteiger partial charge in [0.2, 0.25) is 0 Å². The maximum absolute atomic E-state index is 5.89. The van der Waals surface area contributed by atoms with Gasteiger partial charge in [-0.05, 0) is 49.7 Å². The zero-order valence-corrected chi connectivity index (χ0v) is 13.5. The Kier molecular flexibility index (Phi) is 4.97. The van der Waals surface area contributed by atoms with E-state index in [4.69, 9.17) is 22.9 Å². The van der Waals surface area contributed by atoms with E-state index < -0.39 is 0 Å². The van der Waals surface area contributed by atoms with Crippen molar-refractivity contribution in [2.45, 2.75) is 58.9 Å². The van der Waals surface area contributed by atoms with E-state index in [9.17, 15) is 0 Å². The monoisotopic (exact) mass is 291 g/mol. The second-order valence-electron chi connectivity index (χ2n) is 5.96. The molecule has 0 aromatic carbocycles. The van der Waals surface area contributed by atoms with Crippen molar-refractivity contribution in [3.63, 3.8) is 0 Å². The van der Waals surface area contributed by atoms with Gasteiger partial charge in [-0.3, -0.25) is 0 Å². The summed E-state index contributed by atoms with van der Waals surface area (Å²) in [5, 5.41) is 3.55. The van der Waals surface area contributed by atoms with Crippen LogP contribution >= 0.6 is 12.2 Å². The number of pyridine rings is 1. The molecule has 20 heavy (non-hydrogen) atoms. The highest BCUT2D eigenvalue weighted by atomic mass is 32.1. The highest BCUT2D eigenvalue weighted by molar-refractivity contribution is 7.80. The number of rotatable bonds is 5. The molecular formula is C16H25N3S. The molecule has 0 amide bonds. The lowest BCUT2D eigenvalue weighted by atomic mass is 9.94. The molecule has 110 valence electrons. The molecule has 3 nitrogen and oxygen atoms in total. The Hall–Kier alpha value is -1.16. The Morgan fingerprint density at radius 1 is 1.40 bits per heavy atom. The van der Waals surface area contributed by atoms with Crippen molar-refractivity contribution in [3.8, 4) is 0 Å². The lowest BCUT2D eigenvalue weighted by Gasteiger charge is -2.25. The van der Waals surface area contributed by atoms with E-state index >= 15 is 0 Å². The van der Waals surface area contributed by atoms with Gasteiger partial charge in [0.25, 0.3) is 0 Å². The van der Waals surface area contributed by atoms with Gasteiger partial charge < -0.3 is 11.1 Å². The Morgan fingerprint density at radius 3 is 2.70 bits per heavy atom. The van der Waals surface area contributed by atoms with Crippen molar-refractivity contribution in [1.82, 2.24) is 4.98 Å². The Bertz CT molecular complexity index is 497. The topological polar surface area (TPSA) is 50.9 Å². The normalized spacial score (nSPS) is 15.8. The summed E-state index contributed by atoms with van der Waals surface area (Å²) in [6.07, 6.45) is 5.70. The van der Waals surface area contributed by atoms with Crippen LogP contribution in [-0.2, 0) is 12.8 Å². The van der Waals surface area contributed by atoms with Gasteiger partial charge in [-0.1, -0.05) is 33.0 Å². The summed E-state index contributed by atoms with van der Waals surface area (Å²) in [6.45, 7) is 6.64. The molecule has 0 fully saturated rings. The van der Waals surface area contributed by atoms with Crippen LogP contribution in [0, 0.1) is 5.92 Å². The number of anilines is 1. The average Bonchev–Trinajstić information content (AvgIpc) is 2.43. The number of nitrogens with two attached hydrogens (primary N) is 1. The minimum atomic E-state index is 0.400. The third-order valence-corrected chi connectivity index (χ3v) is 4.35. The molecule has 1 heterocycles. The lowest BCUT2D eigenvalue weighted by molar-refractivity contribution is 0.509. The highest BCUT2D eigenvalue weighted by Gasteiger charge is 2.19. The number of aryl methyl sites for hydroxylation is 2. The molecule has 1 atom stereocenters. The van der Waals surface area contributed by atoms with Crippen molar-refractivity contribution < 1.29 is 0 Å². The number of fused-ring (bicyclic) bond motifs is 1. The predicted molar refractivity (Wildman–Crippen MR) is 89.3 cm³/mol. The fourth-order valence-electron chi connectivity index (χ4n) is 2.85. The third kappa shape index (κ3) is 3.29. The number of hydrogen-bond donors (Lipinski definition) is 2. The molecule has 1 unspecified atom stereocenters. The van der Waals surface area contributed by atoms with Crippen LogP contribution in [0.1, 0.15) is 56.9 Å². The molecule has 0 bridgehead atoms. The molecule has 0 saturated heterocycles. The van der Waals surface area contributed by atoms with Gasteiger partial charge in [-0.2, -0.15) is 0 Å². The number of nitrogens with zero attached hydrogens (tertiary/aromatic N) is 1. The fraction of sp³-hybridized carbons (Fsp3) is 0.625. The second kappa shape index (κ2) is 6.53. The predicted octanol–water partition coefficient (Wildman–Crippen LogP) is 3.44. The minimum absolute atomic E-state index is 0.400. The molecule has 1 aromatic heterocycles. The largest absolute Gasteiger partial charge is 0.389 e. The molecule has 0 spiro atoms. The van der Waals surface area contributed by atoms with Crippen molar-refractivity contribution in [2.75, 3.05) is 5.32 Å². The number of nitrogens with one attached hydrogen (secondary N) is 1. The number of hydrogen-bond acceptors (Lipinski definition) is 3. The molecular weight excluding hydrogens is 266 g/mol. The van der Waals surface area contributed by atoms with Crippen LogP contribution in [0.5, 0.6) is 0 Å². The van der Waals surface area contributed by atoms with Gasteiger partial charge in [0.15, 0.2) is 0 Å². The summed E-state index contributed by atoms with van der Waals surface area (Å²) in [5.74, 6) is 1.43. The summed E-state index contributed by atoms with van der Waals surface area (Å²) in [5.41, 5.74) is 9.34. The molecule has 4 heteroatoms. The first-order valence-electron chi connectivity index (χ1n) is 7.62. The lowest BCUT2D eigenvalue weighted by Crippen LogP contribution is -2.28. The van der Waals surface area contributed by atoms with Crippen LogP contribution in [0.25, 0.3) is 0 Å². The van der Waals surface area contributed by atoms with Crippen LogP contribution in [0.15, 0.2) is 6.07 Å². The van der Waals surface area contributed by atoms with Crippen molar-refractivity contribution in [1.29, 1.82) is 0 Å². The van der Waals surface area contributed by atoms with E-state index in [1.807, 2.05) is 0 Å². The second-order valence-corrected chi connectivity index (χ2v) is 6.40. The molecule has 1 aromatic rings. The molecule has 2 rings (SSSR count). The number of thiocarbonyl (C=S) groups is 1. The molecule has 0 saturated carbocycles. The Labute approximate surface area is 127 Å². The SMILES string of the molecule is CCC(Nc1nc2c(cc1C(N)=S)CCCC2)C(C)C. The smallest absolute Gasteiger partial charge is 0.136 e. The quantitative estimate of drug-likeness (QED) is 0.816. The van der Waals surface area contributed by atoms with Crippen LogP contribution < -0.4 is 11.1 Å². The summed E-state index contributed by atoms with van der Waals surface area (Å²) in [6, 6.07) is 2.55. The van der Waals surface area contributed by atoms with E-state index in [0.717, 1.165) is 30.6 Å². The molecule has 1 aliphatic rings. The first kappa shape index (κ1) is 15.2. The summed E-state index contributed by atoms with van der Waals surface area (Å²) >= 11 is 5.21. The van der Waals surface area contributed by atoms with Gasteiger partial charge >= 0.3 is 0 Å². The van der Waals surface area contributed by atoms with Crippen molar-refractivity contribution >= 4 is 23.0 Å². The van der Waals surface area contributed by atoms with E-state index in [1.54, 1.807) is 0 Å². The van der Waals surface area contributed by atoms with Gasteiger partial charge in [0.1, 0.15) is 10.8 Å². The van der Waals surface area contributed by atoms with Gasteiger partial charge in [-0.15, -0.1) is 0 Å².